The summed E-state index contributed by atoms with van der Waals surface area (Å²) >= 11 is 0. The lowest BCUT2D eigenvalue weighted by Crippen LogP contribution is -2.42. The minimum absolute atomic E-state index is 0.0598. The van der Waals surface area contributed by atoms with E-state index in [1.165, 1.54) is 6.07 Å². The zero-order valence-corrected chi connectivity index (χ0v) is 11.0. The maximum absolute atomic E-state index is 12.7. The molecule has 1 aromatic carbocycles. The fourth-order valence-electron chi connectivity index (χ4n) is 3.39. The van der Waals surface area contributed by atoms with Crippen LogP contribution in [0.25, 0.3) is 0 Å². The second kappa shape index (κ2) is 4.74. The first-order valence-electron chi connectivity index (χ1n) is 6.88. The molecule has 5 heteroatoms. The van der Waals surface area contributed by atoms with Crippen molar-refractivity contribution in [3.05, 3.63) is 35.4 Å². The van der Waals surface area contributed by atoms with E-state index in [-0.39, 0.29) is 18.6 Å². The van der Waals surface area contributed by atoms with Crippen molar-refractivity contribution in [2.24, 2.45) is 0 Å². The number of benzene rings is 1. The smallest absolute Gasteiger partial charge is 0.389 e. The molecular weight excluding hydrogens is 269 g/mol. The molecule has 2 saturated heterocycles. The molecule has 2 fully saturated rings. The van der Waals surface area contributed by atoms with Crippen molar-refractivity contribution >= 4 is 0 Å². The van der Waals surface area contributed by atoms with Crippen LogP contribution in [0.3, 0.4) is 0 Å². The highest BCUT2D eigenvalue weighted by molar-refractivity contribution is 5.27. The van der Waals surface area contributed by atoms with Crippen molar-refractivity contribution < 1.29 is 23.0 Å². The van der Waals surface area contributed by atoms with Gasteiger partial charge in [-0.1, -0.05) is 18.2 Å². The molecule has 2 atom stereocenters. The third-order valence-electron chi connectivity index (χ3n) is 4.20. The van der Waals surface area contributed by atoms with Crippen molar-refractivity contribution in [2.45, 2.75) is 56.1 Å². The number of ether oxygens (including phenoxy) is 1. The summed E-state index contributed by atoms with van der Waals surface area (Å²) in [5.41, 5.74) is -1.06. The Labute approximate surface area is 115 Å². The van der Waals surface area contributed by atoms with Gasteiger partial charge in [0.1, 0.15) is 0 Å². The van der Waals surface area contributed by atoms with Crippen LogP contribution in [-0.4, -0.2) is 22.9 Å². The minimum Gasteiger partial charge on any atom is -0.389 e. The van der Waals surface area contributed by atoms with Crippen molar-refractivity contribution in [2.75, 3.05) is 0 Å². The van der Waals surface area contributed by atoms with Crippen LogP contribution in [0.4, 0.5) is 13.2 Å². The van der Waals surface area contributed by atoms with Crippen LogP contribution in [-0.2, 0) is 17.3 Å². The van der Waals surface area contributed by atoms with Gasteiger partial charge in [-0.25, -0.2) is 0 Å². The normalized spacial score (nSPS) is 33.4. The highest BCUT2D eigenvalue weighted by atomic mass is 19.4. The van der Waals surface area contributed by atoms with Crippen LogP contribution in [0.15, 0.2) is 24.3 Å². The zero-order valence-electron chi connectivity index (χ0n) is 11.0. The molecule has 2 aliphatic rings. The van der Waals surface area contributed by atoms with Crippen molar-refractivity contribution in [1.29, 1.82) is 0 Å². The van der Waals surface area contributed by atoms with E-state index in [1.807, 2.05) is 0 Å². The number of rotatable bonds is 2. The van der Waals surface area contributed by atoms with Crippen molar-refractivity contribution in [1.82, 2.24) is 0 Å². The molecule has 2 heterocycles. The molecule has 0 spiro atoms. The van der Waals surface area contributed by atoms with E-state index in [0.717, 1.165) is 25.0 Å². The Kier molecular flexibility index (Phi) is 3.29. The predicted molar refractivity (Wildman–Crippen MR) is 67.2 cm³/mol. The van der Waals surface area contributed by atoms with Gasteiger partial charge in [0, 0.05) is 19.3 Å². The van der Waals surface area contributed by atoms with Gasteiger partial charge in [-0.05, 0) is 24.5 Å². The first-order valence-corrected chi connectivity index (χ1v) is 6.88. The van der Waals surface area contributed by atoms with Crippen LogP contribution in [0, 0.1) is 0 Å². The standard InChI is InChI=1S/C15H17F3O2/c16-15(17,18)11-3-1-2-10(6-11)7-14(19)8-12-4-5-13(9-14)20-12/h1-3,6,12-13,19H,4-5,7-9H2. The summed E-state index contributed by atoms with van der Waals surface area (Å²) in [5, 5.41) is 10.6. The van der Waals surface area contributed by atoms with Crippen LogP contribution < -0.4 is 0 Å². The van der Waals surface area contributed by atoms with E-state index < -0.39 is 17.3 Å². The summed E-state index contributed by atoms with van der Waals surface area (Å²) in [4.78, 5) is 0. The number of hydrogen-bond acceptors (Lipinski definition) is 2. The molecule has 0 aliphatic carbocycles. The van der Waals surface area contributed by atoms with Crippen LogP contribution in [0.2, 0.25) is 0 Å². The second-order valence-electron chi connectivity index (χ2n) is 5.96. The fraction of sp³-hybridized carbons (Fsp3) is 0.600. The Hall–Kier alpha value is -1.07. The molecule has 0 saturated carbocycles. The Balaban J connectivity index is 1.77. The summed E-state index contributed by atoms with van der Waals surface area (Å²) in [7, 11) is 0. The second-order valence-corrected chi connectivity index (χ2v) is 5.96. The van der Waals surface area contributed by atoms with E-state index in [9.17, 15) is 18.3 Å². The van der Waals surface area contributed by atoms with Gasteiger partial charge in [-0.2, -0.15) is 13.2 Å². The monoisotopic (exact) mass is 286 g/mol. The number of halogens is 3. The van der Waals surface area contributed by atoms with E-state index >= 15 is 0 Å². The average Bonchev–Trinajstić information content (AvgIpc) is 2.68. The molecule has 20 heavy (non-hydrogen) atoms. The number of aliphatic hydroxyl groups is 1. The summed E-state index contributed by atoms with van der Waals surface area (Å²) < 4.78 is 43.7. The predicted octanol–water partition coefficient (Wildman–Crippen LogP) is 3.32. The Morgan fingerprint density at radius 3 is 2.45 bits per heavy atom. The topological polar surface area (TPSA) is 29.5 Å². The zero-order chi connectivity index (χ0) is 14.4. The SMILES string of the molecule is OC1(Cc2cccc(C(F)(F)F)c2)CC2CCC(C1)O2. The van der Waals surface area contributed by atoms with Gasteiger partial charge in [-0.15, -0.1) is 0 Å². The number of hydrogen-bond donors (Lipinski definition) is 1. The van der Waals surface area contributed by atoms with Gasteiger partial charge in [-0.3, -0.25) is 0 Å². The lowest BCUT2D eigenvalue weighted by atomic mass is 9.84. The molecule has 2 bridgehead atoms. The third-order valence-corrected chi connectivity index (χ3v) is 4.20. The van der Waals surface area contributed by atoms with Crippen LogP contribution in [0.5, 0.6) is 0 Å². The summed E-state index contributed by atoms with van der Waals surface area (Å²) in [5.74, 6) is 0. The van der Waals surface area contributed by atoms with Gasteiger partial charge in [0.15, 0.2) is 0 Å². The van der Waals surface area contributed by atoms with E-state index in [0.29, 0.717) is 18.4 Å². The highest BCUT2D eigenvalue weighted by Crippen LogP contribution is 2.40. The lowest BCUT2D eigenvalue weighted by Gasteiger charge is -2.36. The number of alkyl halides is 3. The molecule has 0 radical (unpaired) electrons. The summed E-state index contributed by atoms with van der Waals surface area (Å²) in [6, 6.07) is 5.23. The Bertz CT molecular complexity index is 486. The van der Waals surface area contributed by atoms with Gasteiger partial charge in [0.2, 0.25) is 0 Å². The molecule has 2 aliphatic heterocycles. The summed E-state index contributed by atoms with van der Waals surface area (Å²) in [6.45, 7) is 0. The number of fused-ring (bicyclic) bond motifs is 2. The van der Waals surface area contributed by atoms with Gasteiger partial charge < -0.3 is 9.84 Å². The maximum atomic E-state index is 12.7. The summed E-state index contributed by atoms with van der Waals surface area (Å²) in [6.07, 6.45) is -1.06. The molecule has 2 unspecified atom stereocenters. The third kappa shape index (κ3) is 2.83. The molecule has 1 aromatic rings. The molecule has 0 amide bonds. The highest BCUT2D eigenvalue weighted by Gasteiger charge is 2.43. The Morgan fingerprint density at radius 2 is 1.85 bits per heavy atom. The van der Waals surface area contributed by atoms with E-state index in [1.54, 1.807) is 6.07 Å². The molecular formula is C15H17F3O2. The molecule has 3 rings (SSSR count). The minimum atomic E-state index is -4.34. The quantitative estimate of drug-likeness (QED) is 0.903. The van der Waals surface area contributed by atoms with Crippen molar-refractivity contribution in [3.63, 3.8) is 0 Å². The Morgan fingerprint density at radius 1 is 1.20 bits per heavy atom. The first-order chi connectivity index (χ1) is 9.34. The molecule has 0 aromatic heterocycles. The van der Waals surface area contributed by atoms with Gasteiger partial charge >= 0.3 is 6.18 Å². The first kappa shape index (κ1) is 13.9. The van der Waals surface area contributed by atoms with Crippen molar-refractivity contribution in [3.8, 4) is 0 Å². The van der Waals surface area contributed by atoms with E-state index in [4.69, 9.17) is 4.74 Å². The average molecular weight is 286 g/mol. The van der Waals surface area contributed by atoms with Crippen LogP contribution >= 0.6 is 0 Å². The van der Waals surface area contributed by atoms with E-state index in [2.05, 4.69) is 0 Å². The fourth-order valence-corrected chi connectivity index (χ4v) is 3.39. The molecule has 1 N–H and O–H groups in total. The van der Waals surface area contributed by atoms with Gasteiger partial charge in [0.05, 0.1) is 23.4 Å². The van der Waals surface area contributed by atoms with Crippen LogP contribution in [0.1, 0.15) is 36.8 Å². The maximum Gasteiger partial charge on any atom is 0.416 e. The largest absolute Gasteiger partial charge is 0.416 e. The molecule has 2 nitrogen and oxygen atoms in total. The molecule has 110 valence electrons. The lowest BCUT2D eigenvalue weighted by molar-refractivity contribution is -0.137. The van der Waals surface area contributed by atoms with Gasteiger partial charge in [0.25, 0.3) is 0 Å².